The van der Waals surface area contributed by atoms with Gasteiger partial charge in [-0.2, -0.15) is 0 Å². The molecule has 0 aliphatic rings. The van der Waals surface area contributed by atoms with Gasteiger partial charge in [0.1, 0.15) is 6.29 Å². The summed E-state index contributed by atoms with van der Waals surface area (Å²) < 4.78 is 0. The predicted molar refractivity (Wildman–Crippen MR) is 62.6 cm³/mol. The Morgan fingerprint density at radius 3 is 2.80 bits per heavy atom. The minimum absolute atomic E-state index is 0.250. The van der Waals surface area contributed by atoms with E-state index in [4.69, 9.17) is 5.41 Å². The van der Waals surface area contributed by atoms with Crippen LogP contribution in [0, 0.1) is 5.41 Å². The van der Waals surface area contributed by atoms with Crippen LogP contribution in [0.15, 0.2) is 36.4 Å². The smallest absolute Gasteiger partial charge is 0.139 e. The molecular formula is C12H14N2O. The number of para-hydroxylation sites is 1. The van der Waals surface area contributed by atoms with Crippen LogP contribution in [-0.4, -0.2) is 18.5 Å². The Hall–Kier alpha value is -1.90. The fourth-order valence-electron chi connectivity index (χ4n) is 1.24. The van der Waals surface area contributed by atoms with E-state index < -0.39 is 0 Å². The number of carbonyl (C=O) groups is 1. The molecule has 1 rings (SSSR count). The molecular weight excluding hydrogens is 188 g/mol. The summed E-state index contributed by atoms with van der Waals surface area (Å²) in [4.78, 5) is 10.3. The van der Waals surface area contributed by atoms with E-state index in [0.29, 0.717) is 11.3 Å². The third kappa shape index (κ3) is 2.77. The number of anilines is 1. The number of aldehydes is 1. The summed E-state index contributed by atoms with van der Waals surface area (Å²) in [6.07, 6.45) is 0.793. The summed E-state index contributed by atoms with van der Waals surface area (Å²) in [6, 6.07) is 7.40. The molecule has 1 aromatic rings. The molecule has 0 aliphatic heterocycles. The summed E-state index contributed by atoms with van der Waals surface area (Å²) in [5, 5.41) is 10.8. The summed E-state index contributed by atoms with van der Waals surface area (Å²) in [6.45, 7) is 5.77. The van der Waals surface area contributed by atoms with Gasteiger partial charge in [0.2, 0.25) is 0 Å². The number of nitrogens with one attached hydrogen (secondary N) is 2. The lowest BCUT2D eigenvalue weighted by molar-refractivity contribution is -0.106. The number of allylic oxidation sites excluding steroid dienone is 1. The van der Waals surface area contributed by atoms with Gasteiger partial charge in [0.25, 0.3) is 0 Å². The first-order valence-corrected chi connectivity index (χ1v) is 4.68. The van der Waals surface area contributed by atoms with Gasteiger partial charge in [0.15, 0.2) is 0 Å². The van der Waals surface area contributed by atoms with Gasteiger partial charge in [-0.25, -0.2) is 0 Å². The van der Waals surface area contributed by atoms with Crippen molar-refractivity contribution in [3.63, 3.8) is 0 Å². The second-order valence-electron chi connectivity index (χ2n) is 3.25. The molecule has 0 radical (unpaired) electrons. The predicted octanol–water partition coefficient (Wildman–Crippen LogP) is 2.24. The lowest BCUT2D eigenvalue weighted by Crippen LogP contribution is -2.08. The molecule has 1 aromatic carbocycles. The summed E-state index contributed by atoms with van der Waals surface area (Å²) >= 11 is 0. The summed E-state index contributed by atoms with van der Waals surface area (Å²) in [5.74, 6) is 0. The van der Waals surface area contributed by atoms with E-state index in [1.54, 1.807) is 6.92 Å². The number of carbonyl (C=O) groups excluding carboxylic acids is 1. The molecule has 0 fully saturated rings. The minimum Gasteiger partial charge on any atom is -0.378 e. The standard InChI is InChI=1S/C12H14N2O/c1-9(2)12(13)10-5-3-4-6-11(10)14-7-8-15/h3-6,8,13-14H,1,7H2,2H3. The molecule has 2 N–H and O–H groups in total. The SMILES string of the molecule is C=C(C)C(=N)c1ccccc1NCC=O. The number of rotatable bonds is 5. The molecule has 15 heavy (non-hydrogen) atoms. The zero-order chi connectivity index (χ0) is 11.3. The van der Waals surface area contributed by atoms with Gasteiger partial charge in [0, 0.05) is 11.3 Å². The van der Waals surface area contributed by atoms with Crippen LogP contribution in [0.2, 0.25) is 0 Å². The van der Waals surface area contributed by atoms with Gasteiger partial charge >= 0.3 is 0 Å². The van der Waals surface area contributed by atoms with E-state index in [1.165, 1.54) is 0 Å². The molecule has 0 saturated heterocycles. The zero-order valence-corrected chi connectivity index (χ0v) is 8.71. The molecule has 0 saturated carbocycles. The highest BCUT2D eigenvalue weighted by Gasteiger charge is 2.06. The van der Waals surface area contributed by atoms with Gasteiger partial charge in [-0.05, 0) is 18.6 Å². The molecule has 0 bridgehead atoms. The van der Waals surface area contributed by atoms with Crippen molar-refractivity contribution >= 4 is 17.7 Å². The molecule has 0 atom stereocenters. The average molecular weight is 202 g/mol. The van der Waals surface area contributed by atoms with Crippen LogP contribution in [0.1, 0.15) is 12.5 Å². The van der Waals surface area contributed by atoms with Crippen LogP contribution < -0.4 is 5.32 Å². The van der Waals surface area contributed by atoms with Crippen molar-refractivity contribution in [3.05, 3.63) is 42.0 Å². The quantitative estimate of drug-likeness (QED) is 0.568. The first kappa shape index (κ1) is 11.2. The Morgan fingerprint density at radius 1 is 1.53 bits per heavy atom. The Kier molecular flexibility index (Phi) is 3.80. The van der Waals surface area contributed by atoms with Gasteiger partial charge < -0.3 is 10.1 Å². The van der Waals surface area contributed by atoms with E-state index in [9.17, 15) is 4.79 Å². The van der Waals surface area contributed by atoms with Crippen molar-refractivity contribution in [1.29, 1.82) is 5.41 Å². The van der Waals surface area contributed by atoms with Crippen LogP contribution in [0.3, 0.4) is 0 Å². The first-order valence-electron chi connectivity index (χ1n) is 4.68. The van der Waals surface area contributed by atoms with Gasteiger partial charge in [0.05, 0.1) is 12.3 Å². The highest BCUT2D eigenvalue weighted by Crippen LogP contribution is 2.17. The average Bonchev–Trinajstić information content (AvgIpc) is 2.25. The molecule has 78 valence electrons. The van der Waals surface area contributed by atoms with E-state index in [1.807, 2.05) is 24.3 Å². The molecule has 3 heteroatoms. The highest BCUT2D eigenvalue weighted by atomic mass is 16.1. The Bertz CT molecular complexity index is 396. The van der Waals surface area contributed by atoms with E-state index in [0.717, 1.165) is 17.5 Å². The van der Waals surface area contributed by atoms with Crippen LogP contribution in [0.5, 0.6) is 0 Å². The Balaban J connectivity index is 3.00. The van der Waals surface area contributed by atoms with Crippen LogP contribution in [0.25, 0.3) is 0 Å². The maximum Gasteiger partial charge on any atom is 0.139 e. The molecule has 0 aliphatic carbocycles. The molecule has 0 spiro atoms. The molecule has 0 aromatic heterocycles. The van der Waals surface area contributed by atoms with Crippen LogP contribution in [-0.2, 0) is 4.79 Å². The zero-order valence-electron chi connectivity index (χ0n) is 8.71. The van der Waals surface area contributed by atoms with Crippen molar-refractivity contribution in [1.82, 2.24) is 0 Å². The monoisotopic (exact) mass is 202 g/mol. The lowest BCUT2D eigenvalue weighted by atomic mass is 10.0. The second kappa shape index (κ2) is 5.10. The molecule has 3 nitrogen and oxygen atoms in total. The minimum atomic E-state index is 0.250. The summed E-state index contributed by atoms with van der Waals surface area (Å²) in [7, 11) is 0. The van der Waals surface area contributed by atoms with Crippen LogP contribution >= 0.6 is 0 Å². The number of benzene rings is 1. The van der Waals surface area contributed by atoms with Crippen molar-refractivity contribution < 1.29 is 4.79 Å². The second-order valence-corrected chi connectivity index (χ2v) is 3.25. The van der Waals surface area contributed by atoms with Gasteiger partial charge in [-0.3, -0.25) is 5.41 Å². The molecule has 0 heterocycles. The number of hydrogen-bond donors (Lipinski definition) is 2. The van der Waals surface area contributed by atoms with Gasteiger partial charge in [-0.1, -0.05) is 24.8 Å². The van der Waals surface area contributed by atoms with Crippen molar-refractivity contribution in [2.75, 3.05) is 11.9 Å². The summed E-state index contributed by atoms with van der Waals surface area (Å²) in [5.41, 5.74) is 2.66. The maximum atomic E-state index is 10.3. The fraction of sp³-hybridized carbons (Fsp3) is 0.167. The van der Waals surface area contributed by atoms with E-state index in [-0.39, 0.29) is 6.54 Å². The fourth-order valence-corrected chi connectivity index (χ4v) is 1.24. The Morgan fingerprint density at radius 2 is 2.20 bits per heavy atom. The molecule has 0 unspecified atom stereocenters. The van der Waals surface area contributed by atoms with E-state index in [2.05, 4.69) is 11.9 Å². The third-order valence-electron chi connectivity index (χ3n) is 2.00. The largest absolute Gasteiger partial charge is 0.378 e. The highest BCUT2D eigenvalue weighted by molar-refractivity contribution is 6.13. The topological polar surface area (TPSA) is 53.0 Å². The van der Waals surface area contributed by atoms with Crippen LogP contribution in [0.4, 0.5) is 5.69 Å². The normalized spacial score (nSPS) is 9.40. The van der Waals surface area contributed by atoms with Crippen molar-refractivity contribution in [2.45, 2.75) is 6.92 Å². The van der Waals surface area contributed by atoms with Crippen molar-refractivity contribution in [3.8, 4) is 0 Å². The maximum absolute atomic E-state index is 10.3. The first-order chi connectivity index (χ1) is 7.16. The Labute approximate surface area is 89.3 Å². The number of hydrogen-bond acceptors (Lipinski definition) is 3. The third-order valence-corrected chi connectivity index (χ3v) is 2.00. The molecule has 0 amide bonds. The van der Waals surface area contributed by atoms with Gasteiger partial charge in [-0.15, -0.1) is 0 Å². The van der Waals surface area contributed by atoms with Crippen molar-refractivity contribution in [2.24, 2.45) is 0 Å². The lowest BCUT2D eigenvalue weighted by Gasteiger charge is -2.10. The van der Waals surface area contributed by atoms with E-state index >= 15 is 0 Å².